The van der Waals surface area contributed by atoms with Crippen LogP contribution in [0.15, 0.2) is 0 Å². The Morgan fingerprint density at radius 3 is 2.62 bits per heavy atom. The lowest BCUT2D eigenvalue weighted by Crippen LogP contribution is -2.56. The summed E-state index contributed by atoms with van der Waals surface area (Å²) < 4.78 is 34.2. The lowest BCUT2D eigenvalue weighted by molar-refractivity contribution is -0.585. The van der Waals surface area contributed by atoms with Crippen LogP contribution >= 0.6 is 0 Å². The molecule has 5 atom stereocenters. The van der Waals surface area contributed by atoms with Crippen molar-refractivity contribution in [1.82, 2.24) is 0 Å². The maximum atomic E-state index is 13.1. The number of rotatable bonds is 6. The Hall–Kier alpha value is -0.860. The van der Waals surface area contributed by atoms with Crippen molar-refractivity contribution >= 4 is 0 Å². The summed E-state index contributed by atoms with van der Waals surface area (Å²) in [6.07, 6.45) is -6.35. The largest absolute Gasteiger partial charge is 0.381 e. The smallest absolute Gasteiger partial charge is 0.278 e. The Labute approximate surface area is 90.3 Å². The topological polar surface area (TPSA) is 85.1 Å². The van der Waals surface area contributed by atoms with Gasteiger partial charge in [0.05, 0.1) is 0 Å². The summed E-state index contributed by atoms with van der Waals surface area (Å²) in [5.74, 6) is 0. The van der Waals surface area contributed by atoms with Crippen LogP contribution in [0.2, 0.25) is 0 Å². The van der Waals surface area contributed by atoms with Crippen molar-refractivity contribution in [3.8, 4) is 0 Å². The zero-order chi connectivity index (χ0) is 12.5. The second-order valence-electron chi connectivity index (χ2n) is 3.76. The van der Waals surface area contributed by atoms with Gasteiger partial charge in [-0.05, 0) is 0 Å². The number of nitrogens with zero attached hydrogens (tertiary/aromatic N) is 1. The van der Waals surface area contributed by atoms with Gasteiger partial charge in [0, 0.05) is 19.0 Å². The predicted octanol–water partition coefficient (Wildman–Crippen LogP) is 0.0616. The summed E-state index contributed by atoms with van der Waals surface area (Å²) >= 11 is 0. The van der Waals surface area contributed by atoms with Gasteiger partial charge in [0.25, 0.3) is 5.54 Å². The van der Waals surface area contributed by atoms with E-state index >= 15 is 0 Å². The van der Waals surface area contributed by atoms with E-state index in [2.05, 4.69) is 4.74 Å². The van der Waals surface area contributed by atoms with Gasteiger partial charge >= 0.3 is 0 Å². The van der Waals surface area contributed by atoms with Gasteiger partial charge in [-0.25, -0.2) is 8.78 Å². The van der Waals surface area contributed by atoms with Gasteiger partial charge in [-0.3, -0.25) is 10.1 Å². The lowest BCUT2D eigenvalue weighted by atomic mass is 9.89. The number of epoxide rings is 1. The van der Waals surface area contributed by atoms with Crippen molar-refractivity contribution in [2.75, 3.05) is 13.8 Å². The highest BCUT2D eigenvalue weighted by molar-refractivity contribution is 5.03. The van der Waals surface area contributed by atoms with Crippen LogP contribution < -0.4 is 0 Å². The first kappa shape index (κ1) is 13.2. The number of ether oxygens (including phenoxy) is 2. The van der Waals surface area contributed by atoms with Crippen LogP contribution in [-0.4, -0.2) is 54.0 Å². The zero-order valence-corrected chi connectivity index (χ0v) is 8.80. The fourth-order valence-electron chi connectivity index (χ4n) is 1.55. The van der Waals surface area contributed by atoms with Crippen LogP contribution in [0.1, 0.15) is 6.92 Å². The molecule has 0 unspecified atom stereocenters. The van der Waals surface area contributed by atoms with Crippen LogP contribution in [0.5, 0.6) is 0 Å². The van der Waals surface area contributed by atoms with Gasteiger partial charge in [0.2, 0.25) is 6.36 Å². The van der Waals surface area contributed by atoms with Gasteiger partial charge in [-0.1, -0.05) is 0 Å². The van der Waals surface area contributed by atoms with E-state index in [9.17, 15) is 24.0 Å². The molecular weight excluding hydrogens is 228 g/mol. The predicted molar refractivity (Wildman–Crippen MR) is 47.9 cm³/mol. The standard InChI is InChI=1S/C8H13F2NO5/c1-8(11(13)14,5(12)7(10)15-2)6-4(3-9)16-6/h4-7,12H,3H2,1-2H3/t4-,5+,6+,7-,8+/m1/s1. The Bertz CT molecular complexity index is 279. The molecule has 1 N–H and O–H groups in total. The molecule has 0 spiro atoms. The minimum Gasteiger partial charge on any atom is -0.381 e. The molecule has 1 rings (SSSR count). The highest BCUT2D eigenvalue weighted by atomic mass is 19.1. The molecule has 0 aliphatic carbocycles. The third kappa shape index (κ3) is 2.00. The molecule has 0 bridgehead atoms. The summed E-state index contributed by atoms with van der Waals surface area (Å²) in [6.45, 7) is 0.0916. The van der Waals surface area contributed by atoms with Crippen LogP contribution in [0.4, 0.5) is 8.78 Å². The molecule has 16 heavy (non-hydrogen) atoms. The Kier molecular flexibility index (Phi) is 3.76. The van der Waals surface area contributed by atoms with Crippen molar-refractivity contribution in [2.24, 2.45) is 0 Å². The minimum absolute atomic E-state index is 0.871. The summed E-state index contributed by atoms with van der Waals surface area (Å²) in [5, 5.41) is 20.3. The SMILES string of the molecule is CO[C@@H](F)[C@H](O)[C@@](C)([C@H]1O[C@@H]1CF)[N+](=O)[O-]. The molecule has 0 aromatic rings. The Balaban J connectivity index is 2.85. The van der Waals surface area contributed by atoms with Crippen molar-refractivity contribution in [2.45, 2.75) is 37.1 Å². The summed E-state index contributed by atoms with van der Waals surface area (Å²) in [5.41, 5.74) is -2.12. The molecule has 0 saturated carbocycles. The number of hydrogen-bond donors (Lipinski definition) is 1. The zero-order valence-electron chi connectivity index (χ0n) is 8.80. The molecule has 1 saturated heterocycles. The van der Waals surface area contributed by atoms with E-state index in [1.54, 1.807) is 0 Å². The molecule has 1 aliphatic heterocycles. The molecule has 6 nitrogen and oxygen atoms in total. The van der Waals surface area contributed by atoms with E-state index in [0.29, 0.717) is 0 Å². The van der Waals surface area contributed by atoms with Gasteiger partial charge in [0.1, 0.15) is 12.8 Å². The average molecular weight is 241 g/mol. The average Bonchev–Trinajstić information content (AvgIpc) is 3.05. The first-order valence-corrected chi connectivity index (χ1v) is 4.60. The number of halogens is 2. The summed E-state index contributed by atoms with van der Waals surface area (Å²) in [7, 11) is 0.967. The number of hydrogen-bond acceptors (Lipinski definition) is 5. The number of aliphatic hydroxyl groups is 1. The number of aliphatic hydroxyl groups excluding tert-OH is 1. The summed E-state index contributed by atoms with van der Waals surface area (Å²) in [4.78, 5) is 9.98. The van der Waals surface area contributed by atoms with E-state index < -0.39 is 41.8 Å². The molecule has 1 heterocycles. The number of alkyl halides is 2. The molecule has 1 aliphatic rings. The van der Waals surface area contributed by atoms with Crippen molar-refractivity contribution < 1.29 is 28.3 Å². The monoisotopic (exact) mass is 241 g/mol. The van der Waals surface area contributed by atoms with Gasteiger partial charge in [-0.2, -0.15) is 0 Å². The second kappa shape index (κ2) is 4.56. The fraction of sp³-hybridized carbons (Fsp3) is 1.00. The van der Waals surface area contributed by atoms with E-state index in [4.69, 9.17) is 4.74 Å². The van der Waals surface area contributed by atoms with Gasteiger partial charge < -0.3 is 14.6 Å². The highest BCUT2D eigenvalue weighted by Crippen LogP contribution is 2.38. The molecule has 0 aromatic heterocycles. The van der Waals surface area contributed by atoms with E-state index in [-0.39, 0.29) is 0 Å². The molecule has 0 aromatic carbocycles. The second-order valence-corrected chi connectivity index (χ2v) is 3.76. The van der Waals surface area contributed by atoms with E-state index in [1.165, 1.54) is 0 Å². The Morgan fingerprint density at radius 2 is 2.31 bits per heavy atom. The quantitative estimate of drug-likeness (QED) is 0.404. The van der Waals surface area contributed by atoms with Crippen LogP contribution in [0.3, 0.4) is 0 Å². The Morgan fingerprint density at radius 1 is 1.75 bits per heavy atom. The third-order valence-corrected chi connectivity index (χ3v) is 2.78. The fourth-order valence-corrected chi connectivity index (χ4v) is 1.55. The molecule has 0 radical (unpaired) electrons. The van der Waals surface area contributed by atoms with Crippen molar-refractivity contribution in [3.63, 3.8) is 0 Å². The molecular formula is C8H13F2NO5. The number of nitro groups is 1. The van der Waals surface area contributed by atoms with Crippen molar-refractivity contribution in [1.29, 1.82) is 0 Å². The van der Waals surface area contributed by atoms with Crippen molar-refractivity contribution in [3.05, 3.63) is 10.1 Å². The lowest BCUT2D eigenvalue weighted by Gasteiger charge is -2.26. The van der Waals surface area contributed by atoms with Crippen LogP contribution in [0.25, 0.3) is 0 Å². The van der Waals surface area contributed by atoms with Gasteiger partial charge in [-0.15, -0.1) is 0 Å². The third-order valence-electron chi connectivity index (χ3n) is 2.78. The highest BCUT2D eigenvalue weighted by Gasteiger charge is 2.66. The first-order chi connectivity index (χ1) is 7.39. The maximum Gasteiger partial charge on any atom is 0.278 e. The van der Waals surface area contributed by atoms with Crippen LogP contribution in [-0.2, 0) is 9.47 Å². The van der Waals surface area contributed by atoms with Crippen LogP contribution in [0, 0.1) is 10.1 Å². The molecule has 8 heteroatoms. The first-order valence-electron chi connectivity index (χ1n) is 4.60. The molecule has 0 amide bonds. The minimum atomic E-state index is -2.22. The number of methoxy groups -OCH3 is 1. The maximum absolute atomic E-state index is 13.1. The van der Waals surface area contributed by atoms with Gasteiger partial charge in [0.15, 0.2) is 12.2 Å². The van der Waals surface area contributed by atoms with E-state index in [1.807, 2.05) is 0 Å². The molecule has 1 fully saturated rings. The molecule has 94 valence electrons. The normalized spacial score (nSPS) is 31.6. The summed E-state index contributed by atoms with van der Waals surface area (Å²) in [6, 6.07) is 0. The van der Waals surface area contributed by atoms with E-state index in [0.717, 1.165) is 14.0 Å².